The Hall–Kier alpha value is -0.880. The molecule has 0 amide bonds. The van der Waals surface area contributed by atoms with Crippen LogP contribution in [-0.4, -0.2) is 16.9 Å². The van der Waals surface area contributed by atoms with Gasteiger partial charge < -0.3 is 10.6 Å². The van der Waals surface area contributed by atoms with E-state index in [-0.39, 0.29) is 0 Å². The number of rotatable bonds is 4. The summed E-state index contributed by atoms with van der Waals surface area (Å²) in [6.07, 6.45) is 5.23. The summed E-state index contributed by atoms with van der Waals surface area (Å²) in [6.45, 7) is 0. The van der Waals surface area contributed by atoms with Gasteiger partial charge in [0.2, 0.25) is 0 Å². The molecule has 2 saturated carbocycles. The van der Waals surface area contributed by atoms with Crippen LogP contribution in [0.15, 0.2) is 29.2 Å². The van der Waals surface area contributed by atoms with E-state index in [0.717, 1.165) is 17.5 Å². The Morgan fingerprint density at radius 3 is 2.52 bits per heavy atom. The molecule has 3 rings (SSSR count). The van der Waals surface area contributed by atoms with Crippen LogP contribution in [0.5, 0.6) is 0 Å². The lowest BCUT2D eigenvalue weighted by molar-refractivity contribution is 0.252. The standard InChI is InChI=1S/C15H18F2N2S2/c16-14(17)21-12-5-3-11(4-6-12)18-15(20)19-13-8-9-1-2-10(13)7-9/h3-6,9-10,13-14H,1-2,7-8H2,(H2,18,19,20)/t9-,10-,13-/m1/s1. The summed E-state index contributed by atoms with van der Waals surface area (Å²) in [5, 5.41) is 7.16. The third-order valence-electron chi connectivity index (χ3n) is 4.39. The number of halogens is 2. The number of hydrogen-bond donors (Lipinski definition) is 2. The van der Waals surface area contributed by atoms with Gasteiger partial charge in [0.05, 0.1) is 0 Å². The molecule has 1 aromatic rings. The minimum atomic E-state index is -2.38. The molecular weight excluding hydrogens is 310 g/mol. The highest BCUT2D eigenvalue weighted by molar-refractivity contribution is 7.99. The van der Waals surface area contributed by atoms with Gasteiger partial charge in [0.15, 0.2) is 5.11 Å². The molecule has 0 spiro atoms. The second-order valence-corrected chi connectivity index (χ2v) is 7.25. The lowest BCUT2D eigenvalue weighted by Gasteiger charge is -2.24. The van der Waals surface area contributed by atoms with Crippen LogP contribution in [0.25, 0.3) is 0 Å². The molecule has 21 heavy (non-hydrogen) atoms. The molecule has 1 aromatic carbocycles. The number of fused-ring (bicyclic) bond motifs is 2. The summed E-state index contributed by atoms with van der Waals surface area (Å²) in [5.74, 6) is -0.745. The van der Waals surface area contributed by atoms with Crippen LogP contribution in [0.4, 0.5) is 14.5 Å². The number of hydrogen-bond acceptors (Lipinski definition) is 2. The van der Waals surface area contributed by atoms with E-state index in [4.69, 9.17) is 12.2 Å². The number of alkyl halides is 2. The number of anilines is 1. The van der Waals surface area contributed by atoms with Gasteiger partial charge >= 0.3 is 0 Å². The van der Waals surface area contributed by atoms with Gasteiger partial charge in [0.25, 0.3) is 5.76 Å². The van der Waals surface area contributed by atoms with Crippen LogP contribution in [0, 0.1) is 11.8 Å². The van der Waals surface area contributed by atoms with Gasteiger partial charge in [0.1, 0.15) is 0 Å². The zero-order valence-corrected chi connectivity index (χ0v) is 13.2. The van der Waals surface area contributed by atoms with Gasteiger partial charge in [-0.2, -0.15) is 8.78 Å². The van der Waals surface area contributed by atoms with E-state index >= 15 is 0 Å². The number of thiocarbonyl (C=S) groups is 1. The van der Waals surface area contributed by atoms with E-state index in [1.807, 2.05) is 0 Å². The summed E-state index contributed by atoms with van der Waals surface area (Å²) >= 11 is 5.89. The molecule has 2 aliphatic carbocycles. The van der Waals surface area contributed by atoms with Crippen molar-refractivity contribution in [3.63, 3.8) is 0 Å². The Balaban J connectivity index is 1.50. The number of nitrogens with one attached hydrogen (secondary N) is 2. The van der Waals surface area contributed by atoms with Crippen molar-refractivity contribution in [2.24, 2.45) is 11.8 Å². The summed E-state index contributed by atoms with van der Waals surface area (Å²) in [6, 6.07) is 7.41. The van der Waals surface area contributed by atoms with Crippen molar-refractivity contribution in [1.29, 1.82) is 0 Å². The van der Waals surface area contributed by atoms with E-state index < -0.39 is 5.76 Å². The van der Waals surface area contributed by atoms with Gasteiger partial charge in [-0.1, -0.05) is 18.2 Å². The zero-order valence-electron chi connectivity index (χ0n) is 11.5. The zero-order chi connectivity index (χ0) is 14.8. The largest absolute Gasteiger partial charge is 0.359 e. The summed E-state index contributed by atoms with van der Waals surface area (Å²) in [4.78, 5) is 0.558. The lowest BCUT2D eigenvalue weighted by Crippen LogP contribution is -2.40. The second-order valence-electron chi connectivity index (χ2n) is 5.78. The third kappa shape index (κ3) is 3.86. The first-order valence-corrected chi connectivity index (χ1v) is 8.51. The quantitative estimate of drug-likeness (QED) is 0.629. The fraction of sp³-hybridized carbons (Fsp3) is 0.533. The van der Waals surface area contributed by atoms with E-state index in [1.54, 1.807) is 24.3 Å². The maximum atomic E-state index is 12.2. The first-order chi connectivity index (χ1) is 10.1. The number of benzene rings is 1. The fourth-order valence-electron chi connectivity index (χ4n) is 3.48. The Bertz CT molecular complexity index is 507. The molecule has 2 aliphatic rings. The van der Waals surface area contributed by atoms with Crippen LogP contribution in [0.1, 0.15) is 25.7 Å². The molecule has 0 saturated heterocycles. The highest BCUT2D eigenvalue weighted by Crippen LogP contribution is 2.44. The van der Waals surface area contributed by atoms with Gasteiger partial charge in [-0.3, -0.25) is 0 Å². The first-order valence-electron chi connectivity index (χ1n) is 7.22. The molecular formula is C15H18F2N2S2. The minimum Gasteiger partial charge on any atom is -0.359 e. The third-order valence-corrected chi connectivity index (χ3v) is 5.33. The Kier molecular flexibility index (Phi) is 4.64. The van der Waals surface area contributed by atoms with Gasteiger partial charge in [-0.05, 0) is 67.6 Å². The summed E-state index contributed by atoms with van der Waals surface area (Å²) in [5.41, 5.74) is 0.828. The van der Waals surface area contributed by atoms with Crippen LogP contribution in [0.3, 0.4) is 0 Å². The Morgan fingerprint density at radius 1 is 1.19 bits per heavy atom. The van der Waals surface area contributed by atoms with E-state index in [9.17, 15) is 8.78 Å². The number of thioether (sulfide) groups is 1. The molecule has 3 atom stereocenters. The maximum Gasteiger partial charge on any atom is 0.288 e. The van der Waals surface area contributed by atoms with Gasteiger partial charge in [-0.25, -0.2) is 0 Å². The lowest BCUT2D eigenvalue weighted by atomic mass is 9.96. The monoisotopic (exact) mass is 328 g/mol. The SMILES string of the molecule is FC(F)Sc1ccc(NC(=S)N[C@@H]2C[C@@H]3CC[C@@H]2C3)cc1. The summed E-state index contributed by atoms with van der Waals surface area (Å²) < 4.78 is 24.5. The molecule has 2 nitrogen and oxygen atoms in total. The fourth-order valence-corrected chi connectivity index (χ4v) is 4.24. The molecule has 2 fully saturated rings. The smallest absolute Gasteiger partial charge is 0.288 e. The molecule has 6 heteroatoms. The maximum absolute atomic E-state index is 12.2. The average Bonchev–Trinajstić information content (AvgIpc) is 3.02. The highest BCUT2D eigenvalue weighted by Gasteiger charge is 2.39. The van der Waals surface area contributed by atoms with Crippen LogP contribution in [0.2, 0.25) is 0 Å². The van der Waals surface area contributed by atoms with E-state index in [1.165, 1.54) is 25.7 Å². The van der Waals surface area contributed by atoms with Crippen molar-refractivity contribution in [1.82, 2.24) is 5.32 Å². The van der Waals surface area contributed by atoms with Gasteiger partial charge in [0, 0.05) is 16.6 Å². The van der Waals surface area contributed by atoms with Crippen LogP contribution >= 0.6 is 24.0 Å². The van der Waals surface area contributed by atoms with Crippen molar-refractivity contribution in [2.75, 3.05) is 5.32 Å². The molecule has 0 unspecified atom stereocenters. The summed E-state index contributed by atoms with van der Waals surface area (Å²) in [7, 11) is 0. The van der Waals surface area contributed by atoms with Crippen LogP contribution in [-0.2, 0) is 0 Å². The van der Waals surface area contributed by atoms with Crippen molar-refractivity contribution >= 4 is 34.8 Å². The second kappa shape index (κ2) is 6.48. The molecule has 2 N–H and O–H groups in total. The van der Waals surface area contributed by atoms with Gasteiger partial charge in [-0.15, -0.1) is 0 Å². The molecule has 2 bridgehead atoms. The molecule has 0 radical (unpaired) electrons. The Morgan fingerprint density at radius 2 is 1.95 bits per heavy atom. The molecule has 114 valence electrons. The predicted molar refractivity (Wildman–Crippen MR) is 86.9 cm³/mol. The minimum absolute atomic E-state index is 0.498. The highest BCUT2D eigenvalue weighted by atomic mass is 32.2. The first kappa shape index (κ1) is 15.0. The molecule has 0 aliphatic heterocycles. The van der Waals surface area contributed by atoms with Crippen molar-refractivity contribution in [3.05, 3.63) is 24.3 Å². The van der Waals surface area contributed by atoms with E-state index in [2.05, 4.69) is 10.6 Å². The van der Waals surface area contributed by atoms with Crippen LogP contribution < -0.4 is 10.6 Å². The Labute approximate surface area is 133 Å². The van der Waals surface area contributed by atoms with Crippen molar-refractivity contribution in [2.45, 2.75) is 42.4 Å². The van der Waals surface area contributed by atoms with E-state index in [0.29, 0.717) is 27.8 Å². The predicted octanol–water partition coefficient (Wildman–Crippen LogP) is 4.48. The van der Waals surface area contributed by atoms with Crippen molar-refractivity contribution < 1.29 is 8.78 Å². The molecule has 0 aromatic heterocycles. The van der Waals surface area contributed by atoms with Crippen molar-refractivity contribution in [3.8, 4) is 0 Å². The average molecular weight is 328 g/mol. The molecule has 0 heterocycles. The topological polar surface area (TPSA) is 24.1 Å². The normalized spacial score (nSPS) is 27.1.